The smallest absolute Gasteiger partial charge is 0.224 e. The van der Waals surface area contributed by atoms with Crippen molar-refractivity contribution < 1.29 is 9.18 Å². The predicted octanol–water partition coefficient (Wildman–Crippen LogP) is 2.92. The van der Waals surface area contributed by atoms with Gasteiger partial charge < -0.3 is 0 Å². The van der Waals surface area contributed by atoms with Crippen LogP contribution in [0.4, 0.5) is 4.39 Å². The first kappa shape index (κ1) is 11.2. The zero-order valence-corrected chi connectivity index (χ0v) is 9.19. The van der Waals surface area contributed by atoms with Crippen molar-refractivity contribution in [1.29, 1.82) is 0 Å². The Morgan fingerprint density at radius 1 is 1.43 bits per heavy atom. The maximum Gasteiger partial charge on any atom is 0.224 e. The van der Waals surface area contributed by atoms with E-state index in [9.17, 15) is 9.18 Å². The van der Waals surface area contributed by atoms with Crippen LogP contribution >= 0.6 is 11.8 Å². The molecule has 0 amide bonds. The summed E-state index contributed by atoms with van der Waals surface area (Å²) in [5, 5.41) is 0.598. The second kappa shape index (κ2) is 4.09. The molecule has 4 heteroatoms. The summed E-state index contributed by atoms with van der Waals surface area (Å²) in [7, 11) is 0. The summed E-state index contributed by atoms with van der Waals surface area (Å²) in [6.07, 6.45) is 0.466. The third-order valence-electron chi connectivity index (χ3n) is 1.39. The van der Waals surface area contributed by atoms with Crippen molar-refractivity contribution >= 4 is 18.0 Å². The molecule has 0 N–H and O–H groups in total. The van der Waals surface area contributed by atoms with E-state index in [1.807, 2.05) is 20.8 Å². The molecule has 0 aliphatic heterocycles. The highest BCUT2D eigenvalue weighted by molar-refractivity contribution is 8.00. The molecule has 0 fully saturated rings. The van der Waals surface area contributed by atoms with Crippen LogP contribution in [0.15, 0.2) is 17.2 Å². The van der Waals surface area contributed by atoms with Crippen molar-refractivity contribution in [3.05, 3.63) is 23.6 Å². The minimum absolute atomic E-state index is 0.00302. The number of hydrogen-bond donors (Lipinski definition) is 0. The second-order valence-electron chi connectivity index (χ2n) is 3.86. The monoisotopic (exact) mass is 213 g/mol. The third kappa shape index (κ3) is 3.10. The van der Waals surface area contributed by atoms with E-state index in [1.165, 1.54) is 17.8 Å². The van der Waals surface area contributed by atoms with Crippen molar-refractivity contribution in [3.63, 3.8) is 0 Å². The fourth-order valence-corrected chi connectivity index (χ4v) is 1.78. The lowest BCUT2D eigenvalue weighted by Crippen LogP contribution is -2.08. The lowest BCUT2D eigenvalue weighted by molar-refractivity contribution is 0.111. The van der Waals surface area contributed by atoms with Gasteiger partial charge in [0.1, 0.15) is 0 Å². The second-order valence-corrected chi connectivity index (χ2v) is 5.71. The molecule has 1 aromatic heterocycles. The summed E-state index contributed by atoms with van der Waals surface area (Å²) >= 11 is 1.47. The standard InChI is InChI=1S/C10H12FNOS/c1-10(2,3)14-8-5-4-7(6-13)9(11)12-8/h4-6H,1-3H3. The maximum atomic E-state index is 13.1. The van der Waals surface area contributed by atoms with Gasteiger partial charge in [-0.1, -0.05) is 20.8 Å². The Morgan fingerprint density at radius 2 is 2.07 bits per heavy atom. The van der Waals surface area contributed by atoms with Gasteiger partial charge in [-0.2, -0.15) is 4.39 Å². The number of nitrogens with zero attached hydrogens (tertiary/aromatic N) is 1. The van der Waals surface area contributed by atoms with Crippen LogP contribution in [0.5, 0.6) is 0 Å². The Labute approximate surface area is 86.9 Å². The maximum absolute atomic E-state index is 13.1. The van der Waals surface area contributed by atoms with E-state index < -0.39 is 5.95 Å². The molecule has 0 bridgehead atoms. The summed E-state index contributed by atoms with van der Waals surface area (Å²) in [4.78, 5) is 14.0. The van der Waals surface area contributed by atoms with Gasteiger partial charge in [-0.25, -0.2) is 4.98 Å². The Morgan fingerprint density at radius 3 is 2.50 bits per heavy atom. The quantitative estimate of drug-likeness (QED) is 0.430. The highest BCUT2D eigenvalue weighted by Crippen LogP contribution is 2.30. The van der Waals surface area contributed by atoms with Crippen LogP contribution in [0.1, 0.15) is 31.1 Å². The molecule has 1 rings (SSSR count). The Bertz CT molecular complexity index is 346. The number of hydrogen-bond acceptors (Lipinski definition) is 3. The van der Waals surface area contributed by atoms with Crippen LogP contribution in [0.2, 0.25) is 0 Å². The van der Waals surface area contributed by atoms with Crippen molar-refractivity contribution in [3.8, 4) is 0 Å². The number of halogens is 1. The molecule has 0 spiro atoms. The van der Waals surface area contributed by atoms with Crippen molar-refractivity contribution in [2.45, 2.75) is 30.5 Å². The molecule has 0 aromatic carbocycles. The largest absolute Gasteiger partial charge is 0.298 e. The van der Waals surface area contributed by atoms with Gasteiger partial charge >= 0.3 is 0 Å². The van der Waals surface area contributed by atoms with E-state index >= 15 is 0 Å². The average molecular weight is 213 g/mol. The first-order chi connectivity index (χ1) is 6.42. The summed E-state index contributed by atoms with van der Waals surface area (Å²) < 4.78 is 13.1. The number of rotatable bonds is 2. The van der Waals surface area contributed by atoms with Gasteiger partial charge in [0.25, 0.3) is 0 Å². The molecule has 0 radical (unpaired) electrons. The summed E-state index contributed by atoms with van der Waals surface area (Å²) in [5.41, 5.74) is 0.00302. The van der Waals surface area contributed by atoms with Gasteiger partial charge in [0.2, 0.25) is 5.95 Å². The first-order valence-corrected chi connectivity index (χ1v) is 5.05. The molecule has 76 valence electrons. The summed E-state index contributed by atoms with van der Waals surface area (Å²) in [6, 6.07) is 3.10. The van der Waals surface area contributed by atoms with E-state index in [4.69, 9.17) is 0 Å². The number of carbonyl (C=O) groups excluding carboxylic acids is 1. The molecule has 2 nitrogen and oxygen atoms in total. The van der Waals surface area contributed by atoms with Crippen molar-refractivity contribution in [2.75, 3.05) is 0 Å². The van der Waals surface area contributed by atoms with E-state index in [-0.39, 0.29) is 10.3 Å². The Hall–Kier alpha value is -0.900. The van der Waals surface area contributed by atoms with E-state index in [2.05, 4.69) is 4.98 Å². The molecule has 0 saturated carbocycles. The van der Waals surface area contributed by atoms with Gasteiger partial charge in [-0.05, 0) is 12.1 Å². The minimum Gasteiger partial charge on any atom is -0.298 e. The molecule has 0 saturated heterocycles. The molecule has 14 heavy (non-hydrogen) atoms. The van der Waals surface area contributed by atoms with Crippen LogP contribution in [-0.4, -0.2) is 16.0 Å². The molecule has 0 aliphatic rings. The number of carbonyl (C=O) groups is 1. The van der Waals surface area contributed by atoms with Gasteiger partial charge in [0.15, 0.2) is 6.29 Å². The van der Waals surface area contributed by atoms with Crippen LogP contribution in [0.3, 0.4) is 0 Å². The third-order valence-corrected chi connectivity index (χ3v) is 2.44. The lowest BCUT2D eigenvalue weighted by Gasteiger charge is -2.16. The average Bonchev–Trinajstić information content (AvgIpc) is 2.01. The highest BCUT2D eigenvalue weighted by atomic mass is 32.2. The van der Waals surface area contributed by atoms with Crippen LogP contribution in [-0.2, 0) is 0 Å². The summed E-state index contributed by atoms with van der Waals surface area (Å²) in [6.45, 7) is 6.06. The lowest BCUT2D eigenvalue weighted by atomic mass is 10.3. The molecule has 0 atom stereocenters. The van der Waals surface area contributed by atoms with Gasteiger partial charge in [-0.3, -0.25) is 4.79 Å². The van der Waals surface area contributed by atoms with E-state index in [0.717, 1.165) is 0 Å². The van der Waals surface area contributed by atoms with Gasteiger partial charge in [0, 0.05) is 4.75 Å². The van der Waals surface area contributed by atoms with E-state index in [1.54, 1.807) is 6.07 Å². The number of aromatic nitrogens is 1. The SMILES string of the molecule is CC(C)(C)Sc1ccc(C=O)c(F)n1. The van der Waals surface area contributed by atoms with Crippen LogP contribution < -0.4 is 0 Å². The van der Waals surface area contributed by atoms with Gasteiger partial charge in [0.05, 0.1) is 10.6 Å². The molecular formula is C10H12FNOS. The zero-order valence-electron chi connectivity index (χ0n) is 8.37. The van der Waals surface area contributed by atoms with Crippen LogP contribution in [0, 0.1) is 5.95 Å². The van der Waals surface area contributed by atoms with E-state index in [0.29, 0.717) is 11.3 Å². The normalized spacial score (nSPS) is 11.4. The van der Waals surface area contributed by atoms with Crippen LogP contribution in [0.25, 0.3) is 0 Å². The molecule has 1 aromatic rings. The van der Waals surface area contributed by atoms with Crippen molar-refractivity contribution in [2.24, 2.45) is 0 Å². The molecular weight excluding hydrogens is 201 g/mol. The Balaban J connectivity index is 2.92. The number of thioether (sulfide) groups is 1. The fraction of sp³-hybridized carbons (Fsp3) is 0.400. The highest BCUT2D eigenvalue weighted by Gasteiger charge is 2.14. The zero-order chi connectivity index (χ0) is 10.8. The fourth-order valence-electron chi connectivity index (χ4n) is 0.887. The van der Waals surface area contributed by atoms with Crippen molar-refractivity contribution in [1.82, 2.24) is 4.98 Å². The number of aldehydes is 1. The summed E-state index contributed by atoms with van der Waals surface area (Å²) in [5.74, 6) is -0.700. The predicted molar refractivity (Wildman–Crippen MR) is 55.2 cm³/mol. The molecule has 0 unspecified atom stereocenters. The Kier molecular flexibility index (Phi) is 3.26. The van der Waals surface area contributed by atoms with Gasteiger partial charge in [-0.15, -0.1) is 11.8 Å². The topological polar surface area (TPSA) is 30.0 Å². The molecule has 1 heterocycles. The number of pyridine rings is 1. The minimum atomic E-state index is -0.700. The first-order valence-electron chi connectivity index (χ1n) is 4.23. The molecule has 0 aliphatic carbocycles.